The van der Waals surface area contributed by atoms with Gasteiger partial charge >= 0.3 is 0 Å². The second-order valence-corrected chi connectivity index (χ2v) is 6.50. The molecule has 3 heteroatoms. The van der Waals surface area contributed by atoms with Crippen LogP contribution in [0.25, 0.3) is 0 Å². The summed E-state index contributed by atoms with van der Waals surface area (Å²) in [5.41, 5.74) is 4.24. The van der Waals surface area contributed by atoms with E-state index >= 15 is 0 Å². The number of carbonyl (C=O) groups excluding carboxylic acids is 1. The van der Waals surface area contributed by atoms with Crippen LogP contribution < -0.4 is 10.6 Å². The zero-order valence-electron chi connectivity index (χ0n) is 15.1. The predicted molar refractivity (Wildman–Crippen MR) is 107 cm³/mol. The first-order valence-corrected chi connectivity index (χ1v) is 8.87. The molecule has 0 aliphatic heterocycles. The third-order valence-corrected chi connectivity index (χ3v) is 4.35. The highest BCUT2D eigenvalue weighted by atomic mass is 16.2. The van der Waals surface area contributed by atoms with Gasteiger partial charge in [-0.1, -0.05) is 72.8 Å². The molecule has 0 fully saturated rings. The number of amides is 1. The lowest BCUT2D eigenvalue weighted by Gasteiger charge is -2.23. The Bertz CT molecular complexity index is 807. The third-order valence-electron chi connectivity index (χ3n) is 4.35. The zero-order chi connectivity index (χ0) is 18.4. The lowest BCUT2D eigenvalue weighted by atomic mass is 9.98. The van der Waals surface area contributed by atoms with Crippen LogP contribution in [0.3, 0.4) is 0 Å². The van der Waals surface area contributed by atoms with E-state index in [0.29, 0.717) is 0 Å². The molecular weight excluding hydrogens is 320 g/mol. The summed E-state index contributed by atoms with van der Waals surface area (Å²) in [7, 11) is 0. The number of carbonyl (C=O) groups is 1. The molecule has 0 aromatic heterocycles. The Labute approximate surface area is 155 Å². The van der Waals surface area contributed by atoms with E-state index in [2.05, 4.69) is 10.6 Å². The van der Waals surface area contributed by atoms with Gasteiger partial charge in [-0.2, -0.15) is 0 Å². The Kier molecular flexibility index (Phi) is 5.69. The van der Waals surface area contributed by atoms with E-state index in [9.17, 15) is 4.79 Å². The molecule has 3 aromatic carbocycles. The first-order chi connectivity index (χ1) is 12.6. The van der Waals surface area contributed by atoms with Gasteiger partial charge in [-0.15, -0.1) is 0 Å². The molecule has 0 spiro atoms. The average molecular weight is 344 g/mol. The van der Waals surface area contributed by atoms with Crippen molar-refractivity contribution in [2.45, 2.75) is 25.9 Å². The van der Waals surface area contributed by atoms with Crippen molar-refractivity contribution in [1.29, 1.82) is 0 Å². The number of anilines is 1. The summed E-state index contributed by atoms with van der Waals surface area (Å²) in [4.78, 5) is 12.8. The largest absolute Gasteiger partial charge is 0.374 e. The van der Waals surface area contributed by atoms with Gasteiger partial charge in [-0.25, -0.2) is 0 Å². The number of benzene rings is 3. The van der Waals surface area contributed by atoms with E-state index in [1.807, 2.05) is 98.8 Å². The zero-order valence-corrected chi connectivity index (χ0v) is 15.1. The van der Waals surface area contributed by atoms with E-state index in [-0.39, 0.29) is 18.0 Å². The minimum atomic E-state index is -0.341. The lowest BCUT2D eigenvalue weighted by molar-refractivity contribution is -0.122. The summed E-state index contributed by atoms with van der Waals surface area (Å²) in [6, 6.07) is 27.6. The van der Waals surface area contributed by atoms with Crippen molar-refractivity contribution < 1.29 is 4.79 Å². The standard InChI is InChI=1S/C23H24N2O/c1-17-10-9-15-21(16-17)24-18(2)23(26)25-22(19-11-5-3-6-12-19)20-13-7-4-8-14-20/h3-16,18,22,24H,1-2H3,(H,25,26)/t18-/m1/s1. The third kappa shape index (κ3) is 4.51. The molecule has 0 heterocycles. The number of hydrogen-bond acceptors (Lipinski definition) is 2. The molecule has 2 N–H and O–H groups in total. The normalized spacial score (nSPS) is 11.8. The summed E-state index contributed by atoms with van der Waals surface area (Å²) in [6.45, 7) is 3.92. The molecule has 0 saturated carbocycles. The van der Waals surface area contributed by atoms with Gasteiger partial charge in [-0.05, 0) is 42.7 Å². The molecule has 1 atom stereocenters. The van der Waals surface area contributed by atoms with Gasteiger partial charge < -0.3 is 10.6 Å². The fourth-order valence-corrected chi connectivity index (χ4v) is 2.97. The Morgan fingerprint density at radius 1 is 0.808 bits per heavy atom. The van der Waals surface area contributed by atoms with E-state index < -0.39 is 0 Å². The molecular formula is C23H24N2O. The highest BCUT2D eigenvalue weighted by Gasteiger charge is 2.20. The summed E-state index contributed by atoms with van der Waals surface area (Å²) < 4.78 is 0. The predicted octanol–water partition coefficient (Wildman–Crippen LogP) is 4.70. The van der Waals surface area contributed by atoms with Crippen molar-refractivity contribution >= 4 is 11.6 Å². The van der Waals surface area contributed by atoms with Gasteiger partial charge in [0.2, 0.25) is 5.91 Å². The fourth-order valence-electron chi connectivity index (χ4n) is 2.97. The average Bonchev–Trinajstić information content (AvgIpc) is 2.67. The summed E-state index contributed by atoms with van der Waals surface area (Å²) in [5, 5.41) is 6.46. The van der Waals surface area contributed by atoms with Gasteiger partial charge in [-0.3, -0.25) is 4.79 Å². The van der Waals surface area contributed by atoms with Crippen LogP contribution in [0.15, 0.2) is 84.9 Å². The van der Waals surface area contributed by atoms with Crippen LogP contribution in [-0.4, -0.2) is 11.9 Å². The van der Waals surface area contributed by atoms with Gasteiger partial charge in [0.1, 0.15) is 6.04 Å². The van der Waals surface area contributed by atoms with Crippen molar-refractivity contribution in [2.75, 3.05) is 5.32 Å². The molecule has 1 amide bonds. The second kappa shape index (κ2) is 8.34. The van der Waals surface area contributed by atoms with E-state index in [1.54, 1.807) is 0 Å². The van der Waals surface area contributed by atoms with Gasteiger partial charge in [0.05, 0.1) is 6.04 Å². The van der Waals surface area contributed by atoms with Crippen LogP contribution in [-0.2, 0) is 4.79 Å². The Morgan fingerprint density at radius 2 is 1.38 bits per heavy atom. The maximum Gasteiger partial charge on any atom is 0.242 e. The highest BCUT2D eigenvalue weighted by molar-refractivity contribution is 5.85. The van der Waals surface area contributed by atoms with Crippen LogP contribution in [0.2, 0.25) is 0 Å². The molecule has 3 nitrogen and oxygen atoms in total. The number of aryl methyl sites for hydroxylation is 1. The summed E-state index contributed by atoms with van der Waals surface area (Å²) >= 11 is 0. The molecule has 0 unspecified atom stereocenters. The molecule has 0 aliphatic carbocycles. The van der Waals surface area contributed by atoms with Gasteiger partial charge in [0.15, 0.2) is 0 Å². The minimum absolute atomic E-state index is 0.0378. The number of hydrogen-bond donors (Lipinski definition) is 2. The first kappa shape index (κ1) is 17.7. The molecule has 3 aromatic rings. The van der Waals surface area contributed by atoms with Crippen molar-refractivity contribution in [3.8, 4) is 0 Å². The van der Waals surface area contributed by atoms with Crippen LogP contribution in [0, 0.1) is 6.92 Å². The Balaban J connectivity index is 1.77. The van der Waals surface area contributed by atoms with Crippen molar-refractivity contribution in [1.82, 2.24) is 5.32 Å². The van der Waals surface area contributed by atoms with E-state index in [0.717, 1.165) is 22.4 Å². The summed E-state index contributed by atoms with van der Waals surface area (Å²) in [5.74, 6) is -0.0378. The molecule has 3 rings (SSSR count). The second-order valence-electron chi connectivity index (χ2n) is 6.50. The van der Waals surface area contributed by atoms with Crippen LogP contribution in [0.5, 0.6) is 0 Å². The number of nitrogens with one attached hydrogen (secondary N) is 2. The first-order valence-electron chi connectivity index (χ1n) is 8.87. The topological polar surface area (TPSA) is 41.1 Å². The fraction of sp³-hybridized carbons (Fsp3) is 0.174. The van der Waals surface area contributed by atoms with Crippen molar-refractivity contribution in [3.63, 3.8) is 0 Å². The highest BCUT2D eigenvalue weighted by Crippen LogP contribution is 2.22. The Hall–Kier alpha value is -3.07. The molecule has 26 heavy (non-hydrogen) atoms. The maximum absolute atomic E-state index is 12.8. The van der Waals surface area contributed by atoms with Crippen LogP contribution in [0.4, 0.5) is 5.69 Å². The SMILES string of the molecule is Cc1cccc(N[C@H](C)C(=O)NC(c2ccccc2)c2ccccc2)c1. The quantitative estimate of drug-likeness (QED) is 0.680. The number of rotatable bonds is 6. The molecule has 0 aliphatic rings. The van der Waals surface area contributed by atoms with E-state index in [1.165, 1.54) is 0 Å². The Morgan fingerprint density at radius 3 is 1.92 bits per heavy atom. The summed E-state index contributed by atoms with van der Waals surface area (Å²) in [6.07, 6.45) is 0. The molecule has 132 valence electrons. The minimum Gasteiger partial charge on any atom is -0.374 e. The smallest absolute Gasteiger partial charge is 0.242 e. The molecule has 0 bridgehead atoms. The van der Waals surface area contributed by atoms with Crippen molar-refractivity contribution in [2.24, 2.45) is 0 Å². The molecule has 0 saturated heterocycles. The van der Waals surface area contributed by atoms with E-state index in [4.69, 9.17) is 0 Å². The van der Waals surface area contributed by atoms with Crippen LogP contribution in [0.1, 0.15) is 29.7 Å². The van der Waals surface area contributed by atoms with Crippen LogP contribution >= 0.6 is 0 Å². The molecule has 0 radical (unpaired) electrons. The van der Waals surface area contributed by atoms with Crippen molar-refractivity contribution in [3.05, 3.63) is 102 Å². The monoisotopic (exact) mass is 344 g/mol. The lowest BCUT2D eigenvalue weighted by Crippen LogP contribution is -2.40. The van der Waals surface area contributed by atoms with Gasteiger partial charge in [0, 0.05) is 5.69 Å². The van der Waals surface area contributed by atoms with Gasteiger partial charge in [0.25, 0.3) is 0 Å². The maximum atomic E-state index is 12.8.